The Morgan fingerprint density at radius 1 is 0.783 bits per heavy atom. The predicted molar refractivity (Wildman–Crippen MR) is 117 cm³/mol. The van der Waals surface area contributed by atoms with E-state index in [1.165, 1.54) is 12.8 Å². The summed E-state index contributed by atoms with van der Waals surface area (Å²) < 4.78 is 5.59. The third-order valence-electron chi connectivity index (χ3n) is 3.37. The summed E-state index contributed by atoms with van der Waals surface area (Å²) in [5.74, 6) is 1.82. The van der Waals surface area contributed by atoms with Crippen LogP contribution in [-0.2, 0) is 4.74 Å². The molecule has 0 aromatic carbocycles. The Kier molecular flexibility index (Phi) is 15.5. The lowest BCUT2D eigenvalue weighted by molar-refractivity contribution is 0.143. The van der Waals surface area contributed by atoms with Crippen molar-refractivity contribution in [2.75, 3.05) is 52.5 Å². The summed E-state index contributed by atoms with van der Waals surface area (Å²) in [5, 5.41) is 13.1. The lowest BCUT2D eigenvalue weighted by atomic mass is 10.3. The van der Waals surface area contributed by atoms with Crippen molar-refractivity contribution in [2.45, 2.75) is 25.7 Å². The summed E-state index contributed by atoms with van der Waals surface area (Å²) in [5.41, 5.74) is 0. The fraction of sp³-hybridized carbons (Fsp3) is 0.857. The van der Waals surface area contributed by atoms with Gasteiger partial charge in [0.15, 0.2) is 11.9 Å². The minimum Gasteiger partial charge on any atom is -0.378 e. The van der Waals surface area contributed by atoms with Crippen LogP contribution in [0.15, 0.2) is 9.98 Å². The minimum absolute atomic E-state index is 0. The van der Waals surface area contributed by atoms with E-state index in [0.717, 1.165) is 64.0 Å². The third-order valence-corrected chi connectivity index (χ3v) is 3.37. The maximum atomic E-state index is 5.59. The summed E-state index contributed by atoms with van der Waals surface area (Å²) >= 11 is 0. The Hall–Kier alpha value is -0.0400. The van der Waals surface area contributed by atoms with E-state index < -0.39 is 0 Å². The Morgan fingerprint density at radius 2 is 1.26 bits per heavy atom. The molecule has 0 atom stereocenters. The molecule has 0 radical (unpaired) electrons. The highest BCUT2D eigenvalue weighted by Crippen LogP contribution is 1.93. The molecule has 0 unspecified atom stereocenters. The molecule has 2 heterocycles. The van der Waals surface area contributed by atoms with Gasteiger partial charge in [0.1, 0.15) is 0 Å². The van der Waals surface area contributed by atoms with E-state index in [1.807, 2.05) is 0 Å². The molecule has 0 aliphatic carbocycles. The Bertz CT molecular complexity index is 322. The Labute approximate surface area is 173 Å². The van der Waals surface area contributed by atoms with Crippen molar-refractivity contribution in [2.24, 2.45) is 9.98 Å². The average Bonchev–Trinajstić information content (AvgIpc) is 2.91. The first kappa shape index (κ1) is 23.0. The normalized spacial score (nSPS) is 17.6. The summed E-state index contributed by atoms with van der Waals surface area (Å²) in [7, 11) is 0. The molecule has 0 amide bonds. The molecule has 23 heavy (non-hydrogen) atoms. The molecular formula is C14H30I2N6O. The van der Waals surface area contributed by atoms with Crippen LogP contribution in [0.25, 0.3) is 0 Å². The maximum Gasteiger partial charge on any atom is 0.191 e. The molecule has 136 valence electrons. The smallest absolute Gasteiger partial charge is 0.191 e. The van der Waals surface area contributed by atoms with E-state index in [1.54, 1.807) is 0 Å². The van der Waals surface area contributed by atoms with Crippen LogP contribution in [-0.4, -0.2) is 64.4 Å². The number of nitrogens with zero attached hydrogens (tertiary/aromatic N) is 2. The second kappa shape index (κ2) is 15.5. The molecule has 2 aliphatic rings. The first-order valence-corrected chi connectivity index (χ1v) is 8.07. The van der Waals surface area contributed by atoms with Gasteiger partial charge in [0.25, 0.3) is 0 Å². The molecule has 4 N–H and O–H groups in total. The van der Waals surface area contributed by atoms with Gasteiger partial charge in [0.05, 0.1) is 13.2 Å². The molecule has 7 nitrogen and oxygen atoms in total. The van der Waals surface area contributed by atoms with Crippen molar-refractivity contribution in [3.8, 4) is 0 Å². The van der Waals surface area contributed by atoms with Gasteiger partial charge in [-0.25, -0.2) is 0 Å². The maximum absolute atomic E-state index is 5.59. The zero-order chi connectivity index (χ0) is 14.6. The molecule has 0 aromatic heterocycles. The highest BCUT2D eigenvalue weighted by molar-refractivity contribution is 14.0. The lowest BCUT2D eigenvalue weighted by Gasteiger charge is -2.12. The van der Waals surface area contributed by atoms with Crippen molar-refractivity contribution >= 4 is 59.9 Å². The van der Waals surface area contributed by atoms with E-state index >= 15 is 0 Å². The largest absolute Gasteiger partial charge is 0.378 e. The second-order valence-electron chi connectivity index (χ2n) is 5.19. The predicted octanol–water partition coefficient (Wildman–Crippen LogP) is 0.897. The fourth-order valence-corrected chi connectivity index (χ4v) is 2.20. The van der Waals surface area contributed by atoms with Gasteiger partial charge in [0.2, 0.25) is 0 Å². The summed E-state index contributed by atoms with van der Waals surface area (Å²) in [6, 6.07) is 0. The number of hydrogen-bond donors (Lipinski definition) is 4. The molecule has 9 heteroatoms. The van der Waals surface area contributed by atoms with E-state index in [4.69, 9.17) is 4.74 Å². The quantitative estimate of drug-likeness (QED) is 0.291. The van der Waals surface area contributed by atoms with Gasteiger partial charge in [-0.15, -0.1) is 48.0 Å². The molecule has 0 bridgehead atoms. The van der Waals surface area contributed by atoms with Crippen LogP contribution < -0.4 is 21.3 Å². The second-order valence-corrected chi connectivity index (χ2v) is 5.19. The number of aliphatic imine (C=N–C) groups is 2. The lowest BCUT2D eigenvalue weighted by Crippen LogP contribution is -2.40. The SMILES string of the molecule is C1CCNC(NCCOCCNC2=NCCCCN2)=NC1.I.I. The number of rotatable bonds is 6. The zero-order valence-electron chi connectivity index (χ0n) is 13.6. The van der Waals surface area contributed by atoms with Gasteiger partial charge in [-0.1, -0.05) is 0 Å². The van der Waals surface area contributed by atoms with Crippen molar-refractivity contribution < 1.29 is 4.74 Å². The molecule has 2 rings (SSSR count). The summed E-state index contributed by atoms with van der Waals surface area (Å²) in [6.45, 7) is 6.77. The molecule has 0 fully saturated rings. The third kappa shape index (κ3) is 11.2. The number of hydrogen-bond acceptors (Lipinski definition) is 7. The molecular weight excluding hydrogens is 522 g/mol. The van der Waals surface area contributed by atoms with Crippen molar-refractivity contribution in [3.63, 3.8) is 0 Å². The number of nitrogens with one attached hydrogen (secondary N) is 4. The highest BCUT2D eigenvalue weighted by Gasteiger charge is 2.02. The van der Waals surface area contributed by atoms with Crippen molar-refractivity contribution in [3.05, 3.63) is 0 Å². The van der Waals surface area contributed by atoms with E-state index in [0.29, 0.717) is 13.2 Å². The highest BCUT2D eigenvalue weighted by atomic mass is 127. The van der Waals surface area contributed by atoms with E-state index in [-0.39, 0.29) is 48.0 Å². The number of halogens is 2. The minimum atomic E-state index is 0. The average molecular weight is 552 g/mol. The van der Waals surface area contributed by atoms with Gasteiger partial charge in [-0.05, 0) is 25.7 Å². The summed E-state index contributed by atoms with van der Waals surface area (Å²) in [6.07, 6.45) is 4.71. The number of guanidine groups is 2. The zero-order valence-corrected chi connectivity index (χ0v) is 18.3. The molecule has 0 saturated heterocycles. The van der Waals surface area contributed by atoms with Crippen LogP contribution in [0.3, 0.4) is 0 Å². The van der Waals surface area contributed by atoms with Gasteiger partial charge >= 0.3 is 0 Å². The van der Waals surface area contributed by atoms with Crippen LogP contribution in [0, 0.1) is 0 Å². The molecule has 2 aliphatic heterocycles. The first-order chi connectivity index (χ1) is 10.4. The van der Waals surface area contributed by atoms with E-state index in [2.05, 4.69) is 31.3 Å². The van der Waals surface area contributed by atoms with Gasteiger partial charge in [-0.2, -0.15) is 0 Å². The van der Waals surface area contributed by atoms with E-state index in [9.17, 15) is 0 Å². The summed E-state index contributed by atoms with van der Waals surface area (Å²) in [4.78, 5) is 8.86. The first-order valence-electron chi connectivity index (χ1n) is 8.07. The monoisotopic (exact) mass is 552 g/mol. The Morgan fingerprint density at radius 3 is 1.74 bits per heavy atom. The van der Waals surface area contributed by atoms with Crippen molar-refractivity contribution in [1.82, 2.24) is 21.3 Å². The molecule has 0 saturated carbocycles. The van der Waals surface area contributed by atoms with Gasteiger partial charge < -0.3 is 26.0 Å². The van der Waals surface area contributed by atoms with Crippen LogP contribution in [0.1, 0.15) is 25.7 Å². The molecule has 0 spiro atoms. The Balaban J connectivity index is 0.00000242. The van der Waals surface area contributed by atoms with Crippen LogP contribution in [0.4, 0.5) is 0 Å². The van der Waals surface area contributed by atoms with Crippen LogP contribution in [0.5, 0.6) is 0 Å². The topological polar surface area (TPSA) is 82.1 Å². The van der Waals surface area contributed by atoms with Gasteiger partial charge in [0, 0.05) is 39.3 Å². The van der Waals surface area contributed by atoms with Crippen LogP contribution >= 0.6 is 48.0 Å². The van der Waals surface area contributed by atoms with Crippen molar-refractivity contribution in [1.29, 1.82) is 0 Å². The number of ether oxygens (including phenoxy) is 1. The molecule has 0 aromatic rings. The van der Waals surface area contributed by atoms with Gasteiger partial charge in [-0.3, -0.25) is 9.98 Å². The standard InChI is InChI=1S/C14H28N6O.2HI/c1-2-6-16-13(15-5-1)19-9-11-21-12-10-20-14-17-7-3-4-8-18-14;;/h1-12H2,(H2,15,16,19)(H2,17,18,20);2*1H. The fourth-order valence-electron chi connectivity index (χ4n) is 2.20. The van der Waals surface area contributed by atoms with Crippen LogP contribution in [0.2, 0.25) is 0 Å².